The van der Waals surface area contributed by atoms with Crippen LogP contribution in [0.4, 0.5) is 0 Å². The van der Waals surface area contributed by atoms with Gasteiger partial charge >= 0.3 is 5.97 Å². The third-order valence-corrected chi connectivity index (χ3v) is 2.20. The molecule has 1 atom stereocenters. The molecule has 0 bridgehead atoms. The fourth-order valence-electron chi connectivity index (χ4n) is 1.25. The van der Waals surface area contributed by atoms with Gasteiger partial charge in [0.05, 0.1) is 0 Å². The summed E-state index contributed by atoms with van der Waals surface area (Å²) in [4.78, 5) is 10.7. The van der Waals surface area contributed by atoms with Crippen LogP contribution in [0.2, 0.25) is 0 Å². The van der Waals surface area contributed by atoms with Gasteiger partial charge in [-0.2, -0.15) is 0 Å². The first-order valence-corrected chi connectivity index (χ1v) is 4.60. The number of nitrogens with two attached hydrogens (primary N) is 1. The van der Waals surface area contributed by atoms with Gasteiger partial charge in [0.15, 0.2) is 0 Å². The summed E-state index contributed by atoms with van der Waals surface area (Å²) in [7, 11) is 0. The topological polar surface area (TPSA) is 63.3 Å². The lowest BCUT2D eigenvalue weighted by molar-refractivity contribution is -0.138. The van der Waals surface area contributed by atoms with Gasteiger partial charge in [-0.3, -0.25) is 4.79 Å². The molecule has 0 aliphatic rings. The van der Waals surface area contributed by atoms with Crippen molar-refractivity contribution in [3.63, 3.8) is 0 Å². The predicted octanol–water partition coefficient (Wildman–Crippen LogP) is 1.89. The Kier molecular flexibility index (Phi) is 3.25. The summed E-state index contributed by atoms with van der Waals surface area (Å²) in [5.41, 5.74) is 7.27. The number of benzene rings is 1. The van der Waals surface area contributed by atoms with Gasteiger partial charge in [-0.15, -0.1) is 0 Å². The molecule has 0 radical (unpaired) electrons. The van der Waals surface area contributed by atoms with Crippen molar-refractivity contribution in [2.75, 3.05) is 0 Å². The molecule has 0 spiro atoms. The van der Waals surface area contributed by atoms with E-state index in [0.29, 0.717) is 11.5 Å². The zero-order valence-electron chi connectivity index (χ0n) is 8.40. The molecule has 0 aliphatic heterocycles. The first kappa shape index (κ1) is 10.7. The second kappa shape index (κ2) is 4.24. The van der Waals surface area contributed by atoms with E-state index in [4.69, 9.17) is 10.8 Å². The molecule has 0 aromatic heterocycles. The van der Waals surface area contributed by atoms with Crippen molar-refractivity contribution in [2.45, 2.75) is 25.8 Å². The Bertz CT molecular complexity index is 334. The van der Waals surface area contributed by atoms with Gasteiger partial charge in [0.1, 0.15) is 6.04 Å². The third-order valence-electron chi connectivity index (χ3n) is 2.20. The van der Waals surface area contributed by atoms with Crippen LogP contribution in [-0.4, -0.2) is 11.1 Å². The van der Waals surface area contributed by atoms with Gasteiger partial charge in [-0.1, -0.05) is 38.1 Å². The summed E-state index contributed by atoms with van der Waals surface area (Å²) in [6.07, 6.45) is 0. The zero-order chi connectivity index (χ0) is 10.7. The minimum Gasteiger partial charge on any atom is -0.480 e. The van der Waals surface area contributed by atoms with Crippen LogP contribution in [-0.2, 0) is 4.79 Å². The Morgan fingerprint density at radius 1 is 1.36 bits per heavy atom. The summed E-state index contributed by atoms with van der Waals surface area (Å²) in [5.74, 6) is -0.609. The van der Waals surface area contributed by atoms with Crippen molar-refractivity contribution in [1.82, 2.24) is 0 Å². The number of rotatable bonds is 3. The van der Waals surface area contributed by atoms with E-state index >= 15 is 0 Å². The quantitative estimate of drug-likeness (QED) is 0.770. The Labute approximate surface area is 83.6 Å². The van der Waals surface area contributed by atoms with E-state index in [2.05, 4.69) is 13.8 Å². The molecule has 0 amide bonds. The highest BCUT2D eigenvalue weighted by molar-refractivity contribution is 5.75. The molecule has 76 valence electrons. The molecule has 3 heteroatoms. The molecule has 0 saturated carbocycles. The van der Waals surface area contributed by atoms with E-state index in [-0.39, 0.29) is 0 Å². The zero-order valence-corrected chi connectivity index (χ0v) is 8.40. The van der Waals surface area contributed by atoms with Crippen LogP contribution in [0.5, 0.6) is 0 Å². The molecule has 0 saturated heterocycles. The van der Waals surface area contributed by atoms with Crippen molar-refractivity contribution in [3.05, 3.63) is 35.4 Å². The Balaban J connectivity index is 2.99. The molecular formula is C11H15NO2. The lowest BCUT2D eigenvalue weighted by Crippen LogP contribution is -2.20. The van der Waals surface area contributed by atoms with Crippen molar-refractivity contribution < 1.29 is 9.90 Å². The molecule has 0 unspecified atom stereocenters. The van der Waals surface area contributed by atoms with Gasteiger partial charge in [0.2, 0.25) is 0 Å². The Morgan fingerprint density at radius 3 is 2.43 bits per heavy atom. The molecule has 1 aromatic carbocycles. The number of carboxylic acid groups (broad SMARTS) is 1. The van der Waals surface area contributed by atoms with Crippen LogP contribution >= 0.6 is 0 Å². The van der Waals surface area contributed by atoms with Gasteiger partial charge in [-0.05, 0) is 17.0 Å². The van der Waals surface area contributed by atoms with Crippen LogP contribution in [0, 0.1) is 0 Å². The highest BCUT2D eigenvalue weighted by Gasteiger charge is 2.14. The summed E-state index contributed by atoms with van der Waals surface area (Å²) in [5, 5.41) is 8.74. The maximum atomic E-state index is 10.7. The van der Waals surface area contributed by atoms with Crippen molar-refractivity contribution in [2.24, 2.45) is 5.73 Å². The fraction of sp³-hybridized carbons (Fsp3) is 0.364. The molecular weight excluding hydrogens is 178 g/mol. The minimum absolute atomic E-state index is 0.385. The van der Waals surface area contributed by atoms with Gasteiger partial charge < -0.3 is 10.8 Å². The van der Waals surface area contributed by atoms with Crippen LogP contribution < -0.4 is 5.73 Å². The molecule has 0 fully saturated rings. The number of carbonyl (C=O) groups is 1. The molecule has 1 rings (SSSR count). The van der Waals surface area contributed by atoms with Gasteiger partial charge in [0, 0.05) is 0 Å². The number of hydrogen-bond acceptors (Lipinski definition) is 2. The Morgan fingerprint density at radius 2 is 1.93 bits per heavy atom. The maximum absolute atomic E-state index is 10.7. The maximum Gasteiger partial charge on any atom is 0.325 e. The molecule has 14 heavy (non-hydrogen) atoms. The molecule has 1 aromatic rings. The van der Waals surface area contributed by atoms with Crippen LogP contribution in [0.3, 0.4) is 0 Å². The SMILES string of the molecule is CC(C)c1cccc([C@H](N)C(=O)O)c1. The second-order valence-electron chi connectivity index (χ2n) is 3.64. The second-order valence-corrected chi connectivity index (χ2v) is 3.64. The summed E-state index contributed by atoms with van der Waals surface area (Å²) in [6, 6.07) is 6.48. The molecule has 3 nitrogen and oxygen atoms in total. The highest BCUT2D eigenvalue weighted by atomic mass is 16.4. The molecule has 0 heterocycles. The summed E-state index contributed by atoms with van der Waals surface area (Å²) in [6.45, 7) is 4.12. The first-order chi connectivity index (χ1) is 6.52. The third kappa shape index (κ3) is 2.33. The normalized spacial score (nSPS) is 12.9. The fourth-order valence-corrected chi connectivity index (χ4v) is 1.25. The van der Waals surface area contributed by atoms with Gasteiger partial charge in [-0.25, -0.2) is 0 Å². The van der Waals surface area contributed by atoms with Crippen molar-refractivity contribution in [1.29, 1.82) is 0 Å². The average Bonchev–Trinajstić information content (AvgIpc) is 2.16. The van der Waals surface area contributed by atoms with Crippen LogP contribution in [0.15, 0.2) is 24.3 Å². The smallest absolute Gasteiger partial charge is 0.325 e. The average molecular weight is 193 g/mol. The van der Waals surface area contributed by atoms with Crippen LogP contribution in [0.1, 0.15) is 36.9 Å². The van der Waals surface area contributed by atoms with E-state index < -0.39 is 12.0 Å². The molecule has 3 N–H and O–H groups in total. The van der Waals surface area contributed by atoms with E-state index in [9.17, 15) is 4.79 Å². The summed E-state index contributed by atoms with van der Waals surface area (Å²) < 4.78 is 0. The largest absolute Gasteiger partial charge is 0.480 e. The first-order valence-electron chi connectivity index (χ1n) is 4.60. The van der Waals surface area contributed by atoms with E-state index in [0.717, 1.165) is 5.56 Å². The number of hydrogen-bond donors (Lipinski definition) is 2. The highest BCUT2D eigenvalue weighted by Crippen LogP contribution is 2.18. The van der Waals surface area contributed by atoms with E-state index in [1.54, 1.807) is 6.07 Å². The number of aliphatic carboxylic acids is 1. The monoisotopic (exact) mass is 193 g/mol. The predicted molar refractivity (Wildman–Crippen MR) is 55.1 cm³/mol. The van der Waals surface area contributed by atoms with Crippen molar-refractivity contribution >= 4 is 5.97 Å². The van der Waals surface area contributed by atoms with E-state index in [1.165, 1.54) is 0 Å². The van der Waals surface area contributed by atoms with Gasteiger partial charge in [0.25, 0.3) is 0 Å². The summed E-state index contributed by atoms with van der Waals surface area (Å²) >= 11 is 0. The lowest BCUT2D eigenvalue weighted by Gasteiger charge is -2.10. The number of carboxylic acids is 1. The van der Waals surface area contributed by atoms with Crippen LogP contribution in [0.25, 0.3) is 0 Å². The lowest BCUT2D eigenvalue weighted by atomic mass is 9.98. The van der Waals surface area contributed by atoms with E-state index in [1.807, 2.05) is 18.2 Å². The minimum atomic E-state index is -0.995. The standard InChI is InChI=1S/C11H15NO2/c1-7(2)8-4-3-5-9(6-8)10(12)11(13)14/h3-7,10H,12H2,1-2H3,(H,13,14)/t10-/m0/s1. The Hall–Kier alpha value is -1.35. The van der Waals surface area contributed by atoms with Crippen molar-refractivity contribution in [3.8, 4) is 0 Å². The molecule has 0 aliphatic carbocycles.